The van der Waals surface area contributed by atoms with Gasteiger partial charge in [-0.15, -0.1) is 0 Å². The number of hydrogen-bond donors (Lipinski definition) is 0. The number of Topliss-reactive ketones (excluding diaryl/α,β-unsaturated/α-hetero) is 2. The van der Waals surface area contributed by atoms with E-state index in [1.54, 1.807) is 12.1 Å². The number of pyridine rings is 2. The normalized spacial score (nSPS) is 13.1. The summed E-state index contributed by atoms with van der Waals surface area (Å²) in [5.41, 5.74) is 7.77. The second-order valence-corrected chi connectivity index (χ2v) is 12.7. The van der Waals surface area contributed by atoms with Crippen molar-refractivity contribution in [1.29, 1.82) is 0 Å². The van der Waals surface area contributed by atoms with Crippen molar-refractivity contribution in [3.63, 3.8) is 0 Å². The number of ketones is 2. The molecule has 0 amide bonds. The third-order valence-electron chi connectivity index (χ3n) is 9.49. The molecule has 2 heterocycles. The number of carbonyl (C=O) groups is 2. The molecule has 234 valence electrons. The predicted octanol–water partition coefficient (Wildman–Crippen LogP) is 9.42. The van der Waals surface area contributed by atoms with Crippen LogP contribution in [0.1, 0.15) is 136 Å². The lowest BCUT2D eigenvalue weighted by Gasteiger charge is -2.18. The van der Waals surface area contributed by atoms with Crippen molar-refractivity contribution in [1.82, 2.24) is 0 Å². The molecule has 4 nitrogen and oxygen atoms in total. The van der Waals surface area contributed by atoms with E-state index in [0.29, 0.717) is 16.7 Å². The zero-order chi connectivity index (χ0) is 31.3. The largest absolute Gasteiger partial charge is 0.289 e. The topological polar surface area (TPSA) is 41.9 Å². The van der Waals surface area contributed by atoms with E-state index in [2.05, 4.69) is 66.6 Å². The van der Waals surface area contributed by atoms with Crippen molar-refractivity contribution < 1.29 is 18.7 Å². The number of benzene rings is 1. The van der Waals surface area contributed by atoms with E-state index >= 15 is 0 Å². The second-order valence-electron chi connectivity index (χ2n) is 12.7. The summed E-state index contributed by atoms with van der Waals surface area (Å²) in [6.07, 6.45) is 21.8. The van der Waals surface area contributed by atoms with E-state index in [1.807, 2.05) is 19.1 Å². The lowest BCUT2D eigenvalue weighted by atomic mass is 9.82. The summed E-state index contributed by atoms with van der Waals surface area (Å²) in [5, 5.41) is 0. The van der Waals surface area contributed by atoms with Crippen LogP contribution in [-0.2, 0) is 13.1 Å². The van der Waals surface area contributed by atoms with Crippen LogP contribution in [0.4, 0.5) is 0 Å². The Balaban J connectivity index is 0.990. The highest BCUT2D eigenvalue weighted by atomic mass is 16.1. The Hall–Kier alpha value is -3.40. The molecule has 4 rings (SSSR count). The minimum atomic E-state index is 0.0223. The molecule has 0 aliphatic heterocycles. The van der Waals surface area contributed by atoms with E-state index in [-0.39, 0.29) is 11.6 Å². The third-order valence-corrected chi connectivity index (χ3v) is 9.49. The van der Waals surface area contributed by atoms with Crippen LogP contribution in [0.2, 0.25) is 0 Å². The molecule has 4 heteroatoms. The van der Waals surface area contributed by atoms with Crippen LogP contribution in [0.5, 0.6) is 0 Å². The Labute approximate surface area is 266 Å². The van der Waals surface area contributed by atoms with Crippen molar-refractivity contribution >= 4 is 11.6 Å². The van der Waals surface area contributed by atoms with Gasteiger partial charge in [-0.2, -0.15) is 0 Å². The van der Waals surface area contributed by atoms with E-state index in [1.165, 1.54) is 93.1 Å². The number of nitrogens with zero attached hydrogens (tertiary/aromatic N) is 2. The van der Waals surface area contributed by atoms with Crippen LogP contribution in [0.3, 0.4) is 0 Å². The summed E-state index contributed by atoms with van der Waals surface area (Å²) in [5.74, 6) is 0.0782. The van der Waals surface area contributed by atoms with Gasteiger partial charge in [-0.3, -0.25) is 9.59 Å². The van der Waals surface area contributed by atoms with Crippen molar-refractivity contribution in [3.05, 3.63) is 94.6 Å². The number of unbranched alkanes of at least 4 members (excludes halogenated alkanes) is 12. The maximum Gasteiger partial charge on any atom is 0.190 e. The lowest BCUT2D eigenvalue weighted by Crippen LogP contribution is -2.36. The van der Waals surface area contributed by atoms with Gasteiger partial charge < -0.3 is 0 Å². The van der Waals surface area contributed by atoms with E-state index in [4.69, 9.17) is 0 Å². The molecule has 0 bridgehead atoms. The summed E-state index contributed by atoms with van der Waals surface area (Å²) < 4.78 is 4.68. The Bertz CT molecular complexity index is 1450. The molecule has 0 unspecified atom stereocenters. The SMILES string of the molecule is CC[n+]1ccc(-c2cc[n+](CCCCCCCCCCCCCCCC3=C(C)C(=O)c4ccccc4C3=O)c(C)c2)cc1C. The van der Waals surface area contributed by atoms with Gasteiger partial charge in [0.25, 0.3) is 0 Å². The van der Waals surface area contributed by atoms with Crippen molar-refractivity contribution in [2.24, 2.45) is 0 Å². The van der Waals surface area contributed by atoms with Gasteiger partial charge in [-0.05, 0) is 44.2 Å². The van der Waals surface area contributed by atoms with Crippen LogP contribution < -0.4 is 9.13 Å². The van der Waals surface area contributed by atoms with E-state index < -0.39 is 0 Å². The Morgan fingerprint density at radius 3 is 1.50 bits per heavy atom. The van der Waals surface area contributed by atoms with Crippen molar-refractivity contribution in [2.45, 2.75) is 131 Å². The molecule has 0 atom stereocenters. The van der Waals surface area contributed by atoms with Crippen LogP contribution in [0.15, 0.2) is 72.1 Å². The molecule has 44 heavy (non-hydrogen) atoms. The maximum atomic E-state index is 12.9. The van der Waals surface area contributed by atoms with Crippen molar-refractivity contribution in [2.75, 3.05) is 0 Å². The maximum absolute atomic E-state index is 12.9. The lowest BCUT2D eigenvalue weighted by molar-refractivity contribution is -0.703. The molecule has 2 aromatic heterocycles. The van der Waals surface area contributed by atoms with Crippen molar-refractivity contribution in [3.8, 4) is 11.1 Å². The molecule has 0 N–H and O–H groups in total. The van der Waals surface area contributed by atoms with Crippen LogP contribution >= 0.6 is 0 Å². The first-order chi connectivity index (χ1) is 21.4. The summed E-state index contributed by atoms with van der Waals surface area (Å²) in [4.78, 5) is 25.5. The molecule has 1 aromatic carbocycles. The van der Waals surface area contributed by atoms with Crippen LogP contribution in [0, 0.1) is 13.8 Å². The molecule has 0 saturated carbocycles. The van der Waals surface area contributed by atoms with Gasteiger partial charge in [0.2, 0.25) is 0 Å². The van der Waals surface area contributed by atoms with Crippen LogP contribution in [0.25, 0.3) is 11.1 Å². The fraction of sp³-hybridized carbons (Fsp3) is 0.500. The number of fused-ring (bicyclic) bond motifs is 1. The first kappa shape index (κ1) is 33.5. The summed E-state index contributed by atoms with van der Waals surface area (Å²) in [6.45, 7) is 10.5. The number of aromatic nitrogens is 2. The molecule has 0 saturated heterocycles. The Kier molecular flexibility index (Phi) is 13.1. The predicted molar refractivity (Wildman–Crippen MR) is 180 cm³/mol. The number of hydrogen-bond acceptors (Lipinski definition) is 2. The smallest absolute Gasteiger partial charge is 0.190 e. The number of rotatable bonds is 18. The molecule has 3 aromatic rings. The van der Waals surface area contributed by atoms with E-state index in [0.717, 1.165) is 37.9 Å². The average Bonchev–Trinajstić information content (AvgIpc) is 3.03. The Morgan fingerprint density at radius 2 is 1.00 bits per heavy atom. The highest BCUT2D eigenvalue weighted by Crippen LogP contribution is 2.29. The van der Waals surface area contributed by atoms with Gasteiger partial charge in [-0.25, -0.2) is 9.13 Å². The second kappa shape index (κ2) is 17.2. The fourth-order valence-corrected chi connectivity index (χ4v) is 6.63. The minimum Gasteiger partial charge on any atom is -0.289 e. The fourth-order valence-electron chi connectivity index (χ4n) is 6.63. The highest BCUT2D eigenvalue weighted by molar-refractivity contribution is 6.26. The Morgan fingerprint density at radius 1 is 0.545 bits per heavy atom. The first-order valence-electron chi connectivity index (χ1n) is 17.3. The van der Waals surface area contributed by atoms with Gasteiger partial charge in [0.05, 0.1) is 0 Å². The van der Waals surface area contributed by atoms with Gasteiger partial charge in [-0.1, -0.05) is 88.5 Å². The van der Waals surface area contributed by atoms with Crippen LogP contribution in [-0.4, -0.2) is 11.6 Å². The average molecular weight is 595 g/mol. The van der Waals surface area contributed by atoms with Gasteiger partial charge in [0, 0.05) is 66.8 Å². The molecular formula is C40H54N2O2+2. The standard InChI is InChI=1S/C40H54N2O2/c1-5-41-27-24-34(29-31(41)2)35-25-28-42(32(3)30-35)26-20-16-14-12-10-8-6-7-9-11-13-15-17-21-36-33(4)39(43)37-22-18-19-23-38(37)40(36)44/h18-19,22-25,27-30H,5-17,20-21,26H2,1-4H3/q+2. The minimum absolute atomic E-state index is 0.0223. The van der Waals surface area contributed by atoms with Gasteiger partial charge in [0.1, 0.15) is 13.1 Å². The molecular weight excluding hydrogens is 540 g/mol. The van der Waals surface area contributed by atoms with E-state index in [9.17, 15) is 9.59 Å². The molecule has 0 fully saturated rings. The zero-order valence-corrected chi connectivity index (χ0v) is 27.8. The molecule has 0 radical (unpaired) electrons. The highest BCUT2D eigenvalue weighted by Gasteiger charge is 2.28. The third kappa shape index (κ3) is 9.06. The summed E-state index contributed by atoms with van der Waals surface area (Å²) in [6, 6.07) is 16.3. The van der Waals surface area contributed by atoms with Gasteiger partial charge in [0.15, 0.2) is 35.3 Å². The molecule has 1 aliphatic rings. The summed E-state index contributed by atoms with van der Waals surface area (Å²) in [7, 11) is 0. The molecule has 1 aliphatic carbocycles. The number of allylic oxidation sites excluding steroid dienone is 2. The first-order valence-corrected chi connectivity index (χ1v) is 17.3. The number of carbonyl (C=O) groups excluding carboxylic acids is 2. The van der Waals surface area contributed by atoms with Gasteiger partial charge >= 0.3 is 0 Å². The molecule has 0 spiro atoms. The zero-order valence-electron chi connectivity index (χ0n) is 27.8. The summed E-state index contributed by atoms with van der Waals surface area (Å²) >= 11 is 0. The quantitative estimate of drug-likeness (QED) is 0.109. The number of aryl methyl sites for hydroxylation is 4. The monoisotopic (exact) mass is 594 g/mol.